The molecule has 5 heteroatoms. The fourth-order valence-corrected chi connectivity index (χ4v) is 3.40. The summed E-state index contributed by atoms with van der Waals surface area (Å²) in [5.74, 6) is 1.15. The second-order valence-electron chi connectivity index (χ2n) is 5.47. The van der Waals surface area contributed by atoms with Crippen LogP contribution in [0, 0.1) is 12.7 Å². The van der Waals surface area contributed by atoms with Crippen LogP contribution in [0.15, 0.2) is 60.7 Å². The van der Waals surface area contributed by atoms with Gasteiger partial charge in [-0.25, -0.2) is 14.4 Å². The number of aromatic nitrogens is 2. The molecular weight excluding hydrogens is 321 g/mol. The maximum absolute atomic E-state index is 13.1. The van der Waals surface area contributed by atoms with Crippen LogP contribution in [-0.2, 0) is 0 Å². The third-order valence-electron chi connectivity index (χ3n) is 3.65. The highest BCUT2D eigenvalue weighted by Crippen LogP contribution is 2.32. The van der Waals surface area contributed by atoms with Crippen molar-refractivity contribution >= 4 is 33.1 Å². The molecule has 0 unspecified atom stereocenters. The van der Waals surface area contributed by atoms with E-state index in [1.165, 1.54) is 17.0 Å². The van der Waals surface area contributed by atoms with Crippen LogP contribution >= 0.6 is 11.3 Å². The van der Waals surface area contributed by atoms with E-state index < -0.39 is 0 Å². The number of benzene rings is 2. The average molecular weight is 335 g/mol. The van der Waals surface area contributed by atoms with Crippen molar-refractivity contribution in [2.75, 3.05) is 5.32 Å². The number of anilines is 2. The van der Waals surface area contributed by atoms with Crippen molar-refractivity contribution in [3.05, 3.63) is 71.4 Å². The Morgan fingerprint density at radius 1 is 0.958 bits per heavy atom. The van der Waals surface area contributed by atoms with Gasteiger partial charge in [0.2, 0.25) is 0 Å². The summed E-state index contributed by atoms with van der Waals surface area (Å²) in [4.78, 5) is 11.5. The number of hydrogen-bond donors (Lipinski definition) is 1. The number of rotatable bonds is 3. The lowest BCUT2D eigenvalue weighted by Crippen LogP contribution is -1.98. The van der Waals surface area contributed by atoms with E-state index in [-0.39, 0.29) is 5.82 Å². The average Bonchev–Trinajstić information content (AvgIpc) is 2.98. The molecule has 0 aliphatic carbocycles. The lowest BCUT2D eigenvalue weighted by atomic mass is 10.2. The molecule has 0 fully saturated rings. The highest BCUT2D eigenvalue weighted by Gasteiger charge is 2.12. The zero-order valence-corrected chi connectivity index (χ0v) is 13.8. The van der Waals surface area contributed by atoms with E-state index in [0.29, 0.717) is 5.82 Å². The topological polar surface area (TPSA) is 37.8 Å². The van der Waals surface area contributed by atoms with Gasteiger partial charge < -0.3 is 5.32 Å². The minimum atomic E-state index is -0.260. The Labute approximate surface area is 142 Å². The fraction of sp³-hybridized carbons (Fsp3) is 0.0526. The Bertz CT molecular complexity index is 994. The summed E-state index contributed by atoms with van der Waals surface area (Å²) in [6.07, 6.45) is 0. The van der Waals surface area contributed by atoms with Crippen LogP contribution in [-0.4, -0.2) is 9.97 Å². The lowest BCUT2D eigenvalue weighted by Gasteiger charge is -2.09. The molecular formula is C19H14FN3S. The van der Waals surface area contributed by atoms with Crippen LogP contribution in [0.5, 0.6) is 0 Å². The molecule has 1 N–H and O–H groups in total. The molecule has 2 heterocycles. The molecule has 0 aliphatic heterocycles. The molecule has 0 spiro atoms. The Morgan fingerprint density at radius 3 is 2.46 bits per heavy atom. The first-order valence-electron chi connectivity index (χ1n) is 7.55. The van der Waals surface area contributed by atoms with Gasteiger partial charge in [-0.3, -0.25) is 0 Å². The smallest absolute Gasteiger partial charge is 0.163 e. The summed E-state index contributed by atoms with van der Waals surface area (Å²) in [6.45, 7) is 2.05. The lowest BCUT2D eigenvalue weighted by molar-refractivity contribution is 0.628. The summed E-state index contributed by atoms with van der Waals surface area (Å²) in [7, 11) is 0. The molecule has 118 valence electrons. The van der Waals surface area contributed by atoms with Gasteiger partial charge in [-0.2, -0.15) is 0 Å². The Balaban J connectivity index is 1.84. The number of nitrogens with zero attached hydrogens (tertiary/aromatic N) is 2. The summed E-state index contributed by atoms with van der Waals surface area (Å²) < 4.78 is 13.1. The van der Waals surface area contributed by atoms with E-state index in [1.807, 2.05) is 30.3 Å². The molecule has 0 radical (unpaired) electrons. The van der Waals surface area contributed by atoms with E-state index in [0.717, 1.165) is 27.3 Å². The molecule has 0 saturated heterocycles. The minimum Gasteiger partial charge on any atom is -0.340 e. The quantitative estimate of drug-likeness (QED) is 0.533. The summed E-state index contributed by atoms with van der Waals surface area (Å²) >= 11 is 1.64. The summed E-state index contributed by atoms with van der Waals surface area (Å²) in [5, 5.41) is 4.26. The number of halogens is 1. The van der Waals surface area contributed by atoms with Crippen LogP contribution in [0.4, 0.5) is 15.9 Å². The van der Waals surface area contributed by atoms with Crippen molar-refractivity contribution in [2.24, 2.45) is 0 Å². The molecule has 4 rings (SSSR count). The summed E-state index contributed by atoms with van der Waals surface area (Å²) in [6, 6.07) is 18.2. The number of thiophene rings is 1. The Kier molecular flexibility index (Phi) is 3.70. The fourth-order valence-electron chi connectivity index (χ4n) is 2.52. The van der Waals surface area contributed by atoms with Crippen molar-refractivity contribution in [1.82, 2.24) is 9.97 Å². The van der Waals surface area contributed by atoms with Gasteiger partial charge in [0.05, 0.1) is 5.39 Å². The molecule has 4 aromatic rings. The number of nitrogens with one attached hydrogen (secondary N) is 1. The number of fused-ring (bicyclic) bond motifs is 1. The van der Waals surface area contributed by atoms with E-state index in [4.69, 9.17) is 9.97 Å². The second kappa shape index (κ2) is 6.02. The van der Waals surface area contributed by atoms with Crippen molar-refractivity contribution in [1.29, 1.82) is 0 Å². The van der Waals surface area contributed by atoms with E-state index in [1.54, 1.807) is 23.5 Å². The normalized spacial score (nSPS) is 10.9. The molecule has 24 heavy (non-hydrogen) atoms. The number of hydrogen-bond acceptors (Lipinski definition) is 4. The van der Waals surface area contributed by atoms with Crippen molar-refractivity contribution in [3.8, 4) is 11.4 Å². The van der Waals surface area contributed by atoms with Gasteiger partial charge in [0.25, 0.3) is 0 Å². The van der Waals surface area contributed by atoms with Gasteiger partial charge in [0.1, 0.15) is 16.5 Å². The van der Waals surface area contributed by atoms with Crippen LogP contribution in [0.1, 0.15) is 4.88 Å². The highest BCUT2D eigenvalue weighted by molar-refractivity contribution is 7.18. The largest absolute Gasteiger partial charge is 0.340 e. The second-order valence-corrected chi connectivity index (χ2v) is 6.70. The molecule has 0 bridgehead atoms. The molecule has 2 aromatic carbocycles. The first kappa shape index (κ1) is 14.8. The molecule has 0 aliphatic rings. The minimum absolute atomic E-state index is 0.260. The van der Waals surface area contributed by atoms with E-state index in [2.05, 4.69) is 18.3 Å². The SMILES string of the molecule is Cc1cc2c(Nc3ccc(F)cc3)nc(-c3ccccc3)nc2s1. The molecule has 2 aromatic heterocycles. The van der Waals surface area contributed by atoms with Crippen LogP contribution in [0.25, 0.3) is 21.6 Å². The van der Waals surface area contributed by atoms with Gasteiger partial charge in [0, 0.05) is 16.1 Å². The molecule has 0 atom stereocenters. The van der Waals surface area contributed by atoms with Crippen LogP contribution in [0.3, 0.4) is 0 Å². The third-order valence-corrected chi connectivity index (χ3v) is 4.60. The van der Waals surface area contributed by atoms with Gasteiger partial charge in [-0.15, -0.1) is 11.3 Å². The van der Waals surface area contributed by atoms with Gasteiger partial charge >= 0.3 is 0 Å². The first-order chi connectivity index (χ1) is 11.7. The predicted molar refractivity (Wildman–Crippen MR) is 97.3 cm³/mol. The third kappa shape index (κ3) is 2.86. The van der Waals surface area contributed by atoms with Gasteiger partial charge in [-0.05, 0) is 37.3 Å². The Hall–Kier alpha value is -2.79. The van der Waals surface area contributed by atoms with Gasteiger partial charge in [0.15, 0.2) is 5.82 Å². The zero-order chi connectivity index (χ0) is 16.5. The molecule has 0 saturated carbocycles. The zero-order valence-electron chi connectivity index (χ0n) is 13.0. The van der Waals surface area contributed by atoms with Gasteiger partial charge in [-0.1, -0.05) is 30.3 Å². The maximum Gasteiger partial charge on any atom is 0.163 e. The maximum atomic E-state index is 13.1. The first-order valence-corrected chi connectivity index (χ1v) is 8.37. The predicted octanol–water partition coefficient (Wildman–Crippen LogP) is 5.55. The van der Waals surface area contributed by atoms with Crippen molar-refractivity contribution in [3.63, 3.8) is 0 Å². The van der Waals surface area contributed by atoms with Crippen molar-refractivity contribution in [2.45, 2.75) is 6.92 Å². The molecule has 0 amide bonds. The van der Waals surface area contributed by atoms with Crippen molar-refractivity contribution < 1.29 is 4.39 Å². The van der Waals surface area contributed by atoms with Crippen LogP contribution < -0.4 is 5.32 Å². The van der Waals surface area contributed by atoms with E-state index in [9.17, 15) is 4.39 Å². The van der Waals surface area contributed by atoms with E-state index >= 15 is 0 Å². The monoisotopic (exact) mass is 335 g/mol. The number of aryl methyl sites for hydroxylation is 1. The highest BCUT2D eigenvalue weighted by atomic mass is 32.1. The standard InChI is InChI=1S/C19H14FN3S/c1-12-11-16-18(21-15-9-7-14(20)8-10-15)22-17(23-19(16)24-12)13-5-3-2-4-6-13/h2-11H,1H3,(H,21,22,23). The molecule has 3 nitrogen and oxygen atoms in total. The summed E-state index contributed by atoms with van der Waals surface area (Å²) in [5.41, 5.74) is 1.76. The Morgan fingerprint density at radius 2 is 1.71 bits per heavy atom. The van der Waals surface area contributed by atoms with Crippen LogP contribution in [0.2, 0.25) is 0 Å².